The molecular weight excluding hydrogens is 512 g/mol. The Morgan fingerprint density at radius 2 is 1.82 bits per heavy atom. The molecule has 0 bridgehead atoms. The number of ether oxygens (including phenoxy) is 3. The molecule has 10 heteroatoms. The van der Waals surface area contributed by atoms with E-state index >= 15 is 0 Å². The number of esters is 1. The van der Waals surface area contributed by atoms with Gasteiger partial charge >= 0.3 is 5.97 Å². The molecule has 0 radical (unpaired) electrons. The summed E-state index contributed by atoms with van der Waals surface area (Å²) in [6.45, 7) is 3.84. The number of nitrogens with one attached hydrogen (secondary N) is 1. The van der Waals surface area contributed by atoms with Crippen molar-refractivity contribution >= 4 is 29.0 Å². The number of hydrogen-bond acceptors (Lipinski definition) is 8. The normalized spacial score (nSPS) is 19.0. The molecule has 1 aliphatic heterocycles. The summed E-state index contributed by atoms with van der Waals surface area (Å²) in [5.74, 6) is -0.541. The van der Waals surface area contributed by atoms with Crippen LogP contribution in [-0.2, 0) is 14.3 Å². The summed E-state index contributed by atoms with van der Waals surface area (Å²) < 4.78 is 16.2. The van der Waals surface area contributed by atoms with Crippen molar-refractivity contribution in [1.82, 2.24) is 5.32 Å². The van der Waals surface area contributed by atoms with Crippen molar-refractivity contribution in [3.05, 3.63) is 85.2 Å². The van der Waals surface area contributed by atoms with E-state index in [4.69, 9.17) is 25.8 Å². The Morgan fingerprint density at radius 1 is 1.11 bits per heavy atom. The fourth-order valence-corrected chi connectivity index (χ4v) is 5.29. The highest BCUT2D eigenvalue weighted by molar-refractivity contribution is 6.32. The summed E-state index contributed by atoms with van der Waals surface area (Å²) in [7, 11) is 3.12. The van der Waals surface area contributed by atoms with E-state index in [1.54, 1.807) is 33.3 Å². The molecule has 9 nitrogen and oxygen atoms in total. The summed E-state index contributed by atoms with van der Waals surface area (Å²) in [6.07, 6.45) is 1.32. The van der Waals surface area contributed by atoms with Gasteiger partial charge in [0.2, 0.25) is 0 Å². The van der Waals surface area contributed by atoms with E-state index in [0.717, 1.165) is 5.56 Å². The Morgan fingerprint density at radius 3 is 2.47 bits per heavy atom. The standard InChI is InChI=1S/C28H29ClN2O7/c1-5-10-38-28(33)25-15(2)30-20-11-18(16-7-9-23(36-3)24(14-16)37-4)13-22(32)27(20)26(25)17-6-8-19(29)21(12-17)31(34)35/h6-9,12,14,18,26,30H,5,10-11,13H2,1-4H3. The molecule has 2 aromatic carbocycles. The van der Waals surface area contributed by atoms with Gasteiger partial charge in [-0.2, -0.15) is 0 Å². The van der Waals surface area contributed by atoms with Crippen LogP contribution in [0, 0.1) is 10.1 Å². The number of carbonyl (C=O) groups excluding carboxylic acids is 2. The highest BCUT2D eigenvalue weighted by Gasteiger charge is 2.42. The van der Waals surface area contributed by atoms with E-state index in [9.17, 15) is 19.7 Å². The van der Waals surface area contributed by atoms with Gasteiger partial charge in [-0.15, -0.1) is 0 Å². The van der Waals surface area contributed by atoms with Crippen molar-refractivity contribution in [2.75, 3.05) is 20.8 Å². The topological polar surface area (TPSA) is 117 Å². The maximum atomic E-state index is 13.8. The third kappa shape index (κ3) is 5.11. The SMILES string of the molecule is CCCOC(=O)C1=C(C)NC2=C(C(=O)CC(c3ccc(OC)c(OC)c3)C2)C1c1ccc(Cl)c([N+](=O)[O-])c1. The van der Waals surface area contributed by atoms with E-state index in [1.807, 2.05) is 19.1 Å². The molecule has 2 aromatic rings. The number of allylic oxidation sites excluding steroid dienone is 3. The largest absolute Gasteiger partial charge is 0.493 e. The maximum absolute atomic E-state index is 13.8. The molecular formula is C28H29ClN2O7. The molecule has 1 heterocycles. The molecule has 0 aromatic heterocycles. The van der Waals surface area contributed by atoms with Crippen LogP contribution in [0.25, 0.3) is 0 Å². The van der Waals surface area contributed by atoms with Crippen LogP contribution in [0.4, 0.5) is 5.69 Å². The van der Waals surface area contributed by atoms with Crippen molar-refractivity contribution in [3.8, 4) is 11.5 Å². The van der Waals surface area contributed by atoms with E-state index in [1.165, 1.54) is 12.1 Å². The monoisotopic (exact) mass is 540 g/mol. The van der Waals surface area contributed by atoms with Gasteiger partial charge in [0, 0.05) is 35.4 Å². The van der Waals surface area contributed by atoms with Crippen LogP contribution in [0.3, 0.4) is 0 Å². The number of ketones is 1. The van der Waals surface area contributed by atoms with Crippen LogP contribution >= 0.6 is 11.6 Å². The summed E-state index contributed by atoms with van der Waals surface area (Å²) in [4.78, 5) is 38.0. The quantitative estimate of drug-likeness (QED) is 0.262. The zero-order valence-electron chi connectivity index (χ0n) is 21.6. The number of halogens is 1. The molecule has 0 saturated heterocycles. The van der Waals surface area contributed by atoms with Crippen LogP contribution < -0.4 is 14.8 Å². The summed E-state index contributed by atoms with van der Waals surface area (Å²) in [5, 5.41) is 14.9. The molecule has 2 aliphatic rings. The number of rotatable bonds is 8. The molecule has 2 atom stereocenters. The van der Waals surface area contributed by atoms with Crippen LogP contribution in [-0.4, -0.2) is 37.5 Å². The van der Waals surface area contributed by atoms with E-state index < -0.39 is 16.8 Å². The minimum Gasteiger partial charge on any atom is -0.493 e. The van der Waals surface area contributed by atoms with Crippen LogP contribution in [0.5, 0.6) is 11.5 Å². The number of methoxy groups -OCH3 is 2. The summed E-state index contributed by atoms with van der Waals surface area (Å²) in [5.41, 5.74) is 2.92. The molecule has 1 N–H and O–H groups in total. The second kappa shape index (κ2) is 11.3. The minimum atomic E-state index is -0.828. The van der Waals surface area contributed by atoms with Crippen LogP contribution in [0.1, 0.15) is 56.1 Å². The third-order valence-electron chi connectivity index (χ3n) is 6.86. The van der Waals surface area contributed by atoms with Gasteiger partial charge in [0.25, 0.3) is 5.69 Å². The number of nitro benzene ring substituents is 1. The molecule has 0 fully saturated rings. The number of carbonyl (C=O) groups is 2. The zero-order valence-corrected chi connectivity index (χ0v) is 22.4. The third-order valence-corrected chi connectivity index (χ3v) is 7.18. The van der Waals surface area contributed by atoms with Gasteiger partial charge in [0.05, 0.1) is 31.3 Å². The van der Waals surface area contributed by atoms with Gasteiger partial charge in [0.15, 0.2) is 17.3 Å². The number of nitrogens with zero attached hydrogens (tertiary/aromatic N) is 1. The number of Topliss-reactive ketones (excluding diaryl/α,β-unsaturated/α-hetero) is 1. The molecule has 0 saturated carbocycles. The number of hydrogen-bond donors (Lipinski definition) is 1. The lowest BCUT2D eigenvalue weighted by atomic mass is 9.71. The van der Waals surface area contributed by atoms with Crippen LogP contribution in [0.2, 0.25) is 5.02 Å². The van der Waals surface area contributed by atoms with Crippen molar-refractivity contribution < 1.29 is 28.7 Å². The van der Waals surface area contributed by atoms with Gasteiger partial charge in [0.1, 0.15) is 5.02 Å². The number of dihydropyridines is 1. The van der Waals surface area contributed by atoms with Gasteiger partial charge in [-0.25, -0.2) is 4.79 Å². The fourth-order valence-electron chi connectivity index (χ4n) is 5.11. The minimum absolute atomic E-state index is 0.0267. The lowest BCUT2D eigenvalue weighted by Crippen LogP contribution is -2.36. The summed E-state index contributed by atoms with van der Waals surface area (Å²) >= 11 is 6.07. The first kappa shape index (κ1) is 27.2. The second-order valence-electron chi connectivity index (χ2n) is 9.24. The average molecular weight is 541 g/mol. The first-order valence-electron chi connectivity index (χ1n) is 12.3. The smallest absolute Gasteiger partial charge is 0.336 e. The molecule has 4 rings (SSSR count). The molecule has 0 amide bonds. The van der Waals surface area contributed by atoms with Crippen molar-refractivity contribution in [1.29, 1.82) is 0 Å². The highest BCUT2D eigenvalue weighted by Crippen LogP contribution is 2.47. The lowest BCUT2D eigenvalue weighted by Gasteiger charge is -2.36. The number of nitro groups is 1. The molecule has 38 heavy (non-hydrogen) atoms. The first-order valence-corrected chi connectivity index (χ1v) is 12.6. The van der Waals surface area contributed by atoms with E-state index in [2.05, 4.69) is 5.32 Å². The Kier molecular flexibility index (Phi) is 8.06. The van der Waals surface area contributed by atoms with Crippen LogP contribution in [0.15, 0.2) is 58.9 Å². The lowest BCUT2D eigenvalue weighted by molar-refractivity contribution is -0.384. The van der Waals surface area contributed by atoms with E-state index in [-0.39, 0.29) is 41.0 Å². The van der Waals surface area contributed by atoms with Gasteiger partial charge in [-0.3, -0.25) is 14.9 Å². The molecule has 200 valence electrons. The van der Waals surface area contributed by atoms with Crippen molar-refractivity contribution in [2.45, 2.75) is 44.9 Å². The molecule has 1 aliphatic carbocycles. The average Bonchev–Trinajstić information content (AvgIpc) is 2.90. The predicted octanol–water partition coefficient (Wildman–Crippen LogP) is 5.58. The molecule has 0 spiro atoms. The van der Waals surface area contributed by atoms with Crippen molar-refractivity contribution in [3.63, 3.8) is 0 Å². The molecule has 2 unspecified atom stereocenters. The first-order chi connectivity index (χ1) is 18.2. The Hall–Kier alpha value is -3.85. The van der Waals surface area contributed by atoms with E-state index in [0.29, 0.717) is 46.9 Å². The highest BCUT2D eigenvalue weighted by atomic mass is 35.5. The van der Waals surface area contributed by atoms with Crippen molar-refractivity contribution in [2.24, 2.45) is 0 Å². The summed E-state index contributed by atoms with van der Waals surface area (Å²) in [6, 6.07) is 9.94. The van der Waals surface area contributed by atoms with Gasteiger partial charge in [-0.05, 0) is 55.0 Å². The Bertz CT molecular complexity index is 1360. The Labute approximate surface area is 225 Å². The second-order valence-corrected chi connectivity index (χ2v) is 9.64. The fraction of sp³-hybridized carbons (Fsp3) is 0.357. The Balaban J connectivity index is 1.81. The predicted molar refractivity (Wildman–Crippen MR) is 141 cm³/mol. The maximum Gasteiger partial charge on any atom is 0.336 e. The zero-order chi connectivity index (χ0) is 27.6. The van der Waals surface area contributed by atoms with Gasteiger partial charge in [-0.1, -0.05) is 30.7 Å². The number of benzene rings is 2. The van der Waals surface area contributed by atoms with Gasteiger partial charge < -0.3 is 19.5 Å².